The summed E-state index contributed by atoms with van der Waals surface area (Å²) in [6, 6.07) is 1.94. The number of H-pyrrole nitrogens is 1. The monoisotopic (exact) mass is 939 g/mol. The van der Waals surface area contributed by atoms with Gasteiger partial charge < -0.3 is 51.8 Å². The maximum Gasteiger partial charge on any atom is 0.313 e. The summed E-state index contributed by atoms with van der Waals surface area (Å²) in [4.78, 5) is 36.1. The third-order valence-electron chi connectivity index (χ3n) is 20.8. The lowest BCUT2D eigenvalue weighted by molar-refractivity contribution is -0.196. The van der Waals surface area contributed by atoms with Gasteiger partial charge in [0.15, 0.2) is 11.7 Å². The van der Waals surface area contributed by atoms with Gasteiger partial charge in [0.25, 0.3) is 0 Å². The number of hydrogen-bond acceptors (Lipinski definition) is 10. The van der Waals surface area contributed by atoms with Crippen LogP contribution in [0.1, 0.15) is 134 Å². The highest BCUT2D eigenvalue weighted by molar-refractivity contribution is 5.95. The molecule has 0 amide bonds. The number of nitrogens with zero attached hydrogens (tertiary/aromatic N) is 1. The molecule has 19 unspecified atom stereocenters. The number of ketones is 1. The number of cyclic esters (lactones) is 1. The van der Waals surface area contributed by atoms with E-state index in [-0.39, 0.29) is 123 Å². The van der Waals surface area contributed by atoms with Crippen LogP contribution in [0.5, 0.6) is 0 Å². The smallest absolute Gasteiger partial charge is 0.313 e. The second-order valence-corrected chi connectivity index (χ2v) is 23.9. The standard InChI is InChI=1S/C55H78N4O9/c1-30-10-11-31-12-13-37-35(28-60)22-47(64)52(2,66)49-33(7-5-6-32(21-39(37)38(31)20-30)40-29-68-50(65)48(40)34-15-18-58-27-34)25-55(67)42-23-44(61)43-24-45(62)46(63)26-54(43,36-8-3-4-9-36)41(42)14-16-53(49,55)17-19-59-51(56)57/h12,15,18,23,27,30,32-33,35-41,43,45-49,58,60,62-64,66-67H,3-4,7-11,13-14,16-17,19-22,24-26,28-29H2,1-2H3,(H4,56,57,59). The molecule has 0 radical (unpaired) electrons. The van der Waals surface area contributed by atoms with Crippen LogP contribution in [0.25, 0.3) is 0 Å². The number of hydrogen-bond donors (Lipinski definition) is 9. The molecule has 10 rings (SSSR count). The molecule has 13 nitrogen and oxygen atoms in total. The molecular formula is C55H78N4O9. The van der Waals surface area contributed by atoms with Gasteiger partial charge in [0.1, 0.15) is 0 Å². The van der Waals surface area contributed by atoms with Gasteiger partial charge in [-0.1, -0.05) is 37.3 Å². The topological polar surface area (TPSA) is 245 Å². The van der Waals surface area contributed by atoms with Crippen LogP contribution < -0.4 is 11.5 Å². The van der Waals surface area contributed by atoms with Crippen LogP contribution in [0.15, 0.2) is 46.8 Å². The molecule has 68 heavy (non-hydrogen) atoms. The number of aliphatic hydroxyl groups is 6. The third-order valence-corrected chi connectivity index (χ3v) is 20.8. The number of rotatable bonds is 7. The molecule has 19 atom stereocenters. The van der Waals surface area contributed by atoms with Crippen molar-refractivity contribution in [1.82, 2.24) is 4.98 Å². The summed E-state index contributed by atoms with van der Waals surface area (Å²) in [6.45, 7) is 4.23. The number of ether oxygens (including phenoxy) is 1. The third kappa shape index (κ3) is 7.67. The van der Waals surface area contributed by atoms with E-state index >= 15 is 0 Å². The van der Waals surface area contributed by atoms with E-state index in [4.69, 9.17) is 16.2 Å². The van der Waals surface area contributed by atoms with Crippen LogP contribution >= 0.6 is 0 Å². The van der Waals surface area contributed by atoms with E-state index in [2.05, 4.69) is 34.8 Å². The fourth-order valence-corrected chi connectivity index (χ4v) is 17.9. The number of aliphatic hydroxyl groups excluding tert-OH is 4. The lowest BCUT2D eigenvalue weighted by Crippen LogP contribution is -2.65. The zero-order chi connectivity index (χ0) is 47.9. The number of nitrogens with two attached hydrogens (primary N) is 2. The average Bonchev–Trinajstić information content (AvgIpc) is 4.13. The number of nitrogens with one attached hydrogen (secondary N) is 1. The van der Waals surface area contributed by atoms with Crippen molar-refractivity contribution in [1.29, 1.82) is 0 Å². The quantitative estimate of drug-likeness (QED) is 0.0577. The van der Waals surface area contributed by atoms with Crippen LogP contribution in [-0.2, 0) is 14.3 Å². The number of esters is 1. The van der Waals surface area contributed by atoms with E-state index in [1.54, 1.807) is 13.0 Å². The normalized spacial score (nSPS) is 47.1. The molecule has 1 aromatic rings. The predicted octanol–water partition coefficient (Wildman–Crippen LogP) is 5.04. The molecule has 0 spiro atoms. The first-order chi connectivity index (χ1) is 32.5. The first-order valence-electron chi connectivity index (χ1n) is 26.4. The first-order valence-corrected chi connectivity index (χ1v) is 26.4. The molecule has 9 aliphatic rings. The molecule has 1 aromatic heterocycles. The molecule has 11 N–H and O–H groups in total. The van der Waals surface area contributed by atoms with E-state index in [0.29, 0.717) is 30.8 Å². The number of fused-ring (bicyclic) bond motifs is 10. The van der Waals surface area contributed by atoms with Crippen LogP contribution in [0.4, 0.5) is 0 Å². The Kier molecular flexibility index (Phi) is 12.9. The molecule has 5 saturated carbocycles. The molecule has 0 bridgehead atoms. The Bertz CT molecular complexity index is 2220. The number of aromatic amines is 1. The van der Waals surface area contributed by atoms with Crippen molar-refractivity contribution in [2.75, 3.05) is 19.8 Å². The Morgan fingerprint density at radius 1 is 0.971 bits per heavy atom. The van der Waals surface area contributed by atoms with Gasteiger partial charge in [-0.15, -0.1) is 5.92 Å². The molecule has 6 fully saturated rings. The van der Waals surface area contributed by atoms with Crippen LogP contribution in [0, 0.1) is 93.7 Å². The number of guanidine groups is 1. The minimum Gasteiger partial charge on any atom is -0.465 e. The number of carbonyl (C=O) groups excluding carboxylic acids is 2. The number of carbonyl (C=O) groups is 2. The molecule has 1 aliphatic heterocycles. The maximum atomic E-state index is 14.8. The van der Waals surface area contributed by atoms with Gasteiger partial charge in [0.05, 0.1) is 42.0 Å². The van der Waals surface area contributed by atoms with Crippen molar-refractivity contribution in [3.05, 3.63) is 47.3 Å². The SMILES string of the molecule is CC1CCC2=CCC3C(CO)CC(O)C(C)(O)C4C(CC#CC(C5COC(=O)C5c5cc[nH]c5)CC3C2C1)CC1(O)C2=CC(=O)C3CC(O)C(O)CC3(C3CCCC3)C2CCC41CCN=C(N)N. The summed E-state index contributed by atoms with van der Waals surface area (Å²) < 4.78 is 5.90. The summed E-state index contributed by atoms with van der Waals surface area (Å²) in [5, 5.41) is 74.4. The summed E-state index contributed by atoms with van der Waals surface area (Å²) >= 11 is 0. The second-order valence-electron chi connectivity index (χ2n) is 23.9. The van der Waals surface area contributed by atoms with E-state index in [9.17, 15) is 40.2 Å². The van der Waals surface area contributed by atoms with Gasteiger partial charge >= 0.3 is 5.97 Å². The van der Waals surface area contributed by atoms with Crippen LogP contribution in [-0.4, -0.2) is 103 Å². The molecule has 8 aliphatic carbocycles. The van der Waals surface area contributed by atoms with Crippen molar-refractivity contribution in [2.45, 2.75) is 158 Å². The van der Waals surface area contributed by atoms with Crippen molar-refractivity contribution < 1.29 is 45.0 Å². The first kappa shape index (κ1) is 48.1. The summed E-state index contributed by atoms with van der Waals surface area (Å²) in [6.07, 6.45) is 15.3. The Morgan fingerprint density at radius 2 is 1.76 bits per heavy atom. The van der Waals surface area contributed by atoms with Gasteiger partial charge in [-0.25, -0.2) is 0 Å². The number of aliphatic imine (C=N–C) groups is 1. The lowest BCUT2D eigenvalue weighted by Gasteiger charge is -2.64. The lowest BCUT2D eigenvalue weighted by atomic mass is 9.41. The number of allylic oxidation sites excluding steroid dienone is 3. The van der Waals surface area contributed by atoms with Crippen molar-refractivity contribution >= 4 is 17.7 Å². The zero-order valence-electron chi connectivity index (χ0n) is 40.3. The fraction of sp³-hybridized carbons (Fsp3) is 0.764. The Balaban J connectivity index is 1.12. The van der Waals surface area contributed by atoms with Crippen molar-refractivity contribution in [2.24, 2.45) is 98.3 Å². The largest absolute Gasteiger partial charge is 0.465 e. The minimum absolute atomic E-state index is 0.0247. The predicted molar refractivity (Wildman–Crippen MR) is 256 cm³/mol. The van der Waals surface area contributed by atoms with Gasteiger partial charge in [-0.05, 0) is 173 Å². The fourth-order valence-electron chi connectivity index (χ4n) is 17.9. The summed E-state index contributed by atoms with van der Waals surface area (Å²) in [7, 11) is 0. The van der Waals surface area contributed by atoms with Crippen molar-refractivity contribution in [3.63, 3.8) is 0 Å². The Hall–Kier alpha value is -3.51. The summed E-state index contributed by atoms with van der Waals surface area (Å²) in [5.74, 6) is 4.70. The van der Waals surface area contributed by atoms with Crippen molar-refractivity contribution in [3.8, 4) is 11.8 Å². The highest BCUT2D eigenvalue weighted by Crippen LogP contribution is 2.73. The molecule has 1 saturated heterocycles. The molecule has 13 heteroatoms. The van der Waals surface area contributed by atoms with Gasteiger partial charge in [-0.3, -0.25) is 14.6 Å². The van der Waals surface area contributed by atoms with Gasteiger partial charge in [0.2, 0.25) is 0 Å². The molecule has 2 heterocycles. The highest BCUT2D eigenvalue weighted by atomic mass is 16.5. The summed E-state index contributed by atoms with van der Waals surface area (Å²) in [5.41, 5.74) is 9.70. The molecular weight excluding hydrogens is 861 g/mol. The number of aromatic nitrogens is 1. The van der Waals surface area contributed by atoms with E-state index < -0.39 is 64.0 Å². The molecule has 372 valence electrons. The van der Waals surface area contributed by atoms with Gasteiger partial charge in [0, 0.05) is 61.1 Å². The van der Waals surface area contributed by atoms with E-state index in [1.165, 1.54) is 5.57 Å². The Morgan fingerprint density at radius 3 is 2.50 bits per heavy atom. The second kappa shape index (κ2) is 18.3. The van der Waals surface area contributed by atoms with E-state index in [1.807, 2.05) is 18.5 Å². The minimum atomic E-state index is -1.80. The maximum absolute atomic E-state index is 14.8. The van der Waals surface area contributed by atoms with Gasteiger partial charge in [-0.2, -0.15) is 0 Å². The average molecular weight is 939 g/mol. The van der Waals surface area contributed by atoms with Crippen LogP contribution in [0.3, 0.4) is 0 Å². The van der Waals surface area contributed by atoms with E-state index in [0.717, 1.165) is 56.9 Å². The highest BCUT2D eigenvalue weighted by Gasteiger charge is 2.74. The molecule has 0 aromatic carbocycles. The zero-order valence-corrected chi connectivity index (χ0v) is 40.3. The Labute approximate surface area is 402 Å². The van der Waals surface area contributed by atoms with Crippen LogP contribution in [0.2, 0.25) is 0 Å².